The highest BCUT2D eigenvalue weighted by atomic mass is 32.2. The molecule has 22 heavy (non-hydrogen) atoms. The van der Waals surface area contributed by atoms with Crippen molar-refractivity contribution in [2.24, 2.45) is 0 Å². The van der Waals surface area contributed by atoms with Crippen molar-refractivity contribution in [1.29, 1.82) is 0 Å². The Hall–Kier alpha value is -1.85. The van der Waals surface area contributed by atoms with Gasteiger partial charge in [0, 0.05) is 0 Å². The van der Waals surface area contributed by atoms with E-state index in [0.717, 1.165) is 18.4 Å². The van der Waals surface area contributed by atoms with Crippen molar-refractivity contribution < 1.29 is 25.6 Å². The van der Waals surface area contributed by atoms with Gasteiger partial charge >= 0.3 is 5.22 Å². The van der Waals surface area contributed by atoms with Crippen LogP contribution in [0.5, 0.6) is 0 Å². The van der Waals surface area contributed by atoms with Gasteiger partial charge in [0.2, 0.25) is 25.8 Å². The topological polar surface area (TPSA) is 119 Å². The van der Waals surface area contributed by atoms with Crippen molar-refractivity contribution in [2.45, 2.75) is 17.5 Å². The minimum Gasteiger partial charge on any atom is -0.411 e. The molecule has 0 aliphatic rings. The number of rotatable bonds is 6. The average molecular weight is 349 g/mol. The molecule has 0 amide bonds. The summed E-state index contributed by atoms with van der Waals surface area (Å²) >= 11 is 0. The molecule has 1 N–H and O–H groups in total. The minimum atomic E-state index is -3.90. The maximum Gasteiger partial charge on any atom is 0.335 e. The highest BCUT2D eigenvalue weighted by Gasteiger charge is 2.23. The number of sulfonamides is 1. The summed E-state index contributed by atoms with van der Waals surface area (Å²) in [6.07, 6.45) is 0.940. The van der Waals surface area contributed by atoms with Crippen LogP contribution in [0, 0.1) is 5.82 Å². The molecule has 0 unspecified atom stereocenters. The summed E-state index contributed by atoms with van der Waals surface area (Å²) in [6, 6.07) is 4.94. The van der Waals surface area contributed by atoms with E-state index in [1.807, 2.05) is 0 Å². The largest absolute Gasteiger partial charge is 0.411 e. The zero-order chi connectivity index (χ0) is 16.4. The van der Waals surface area contributed by atoms with Gasteiger partial charge in [-0.15, -0.1) is 5.10 Å². The van der Waals surface area contributed by atoms with Crippen molar-refractivity contribution >= 4 is 19.9 Å². The second-order valence-electron chi connectivity index (χ2n) is 4.44. The lowest BCUT2D eigenvalue weighted by Gasteiger charge is -2.00. The maximum absolute atomic E-state index is 12.8. The van der Waals surface area contributed by atoms with Crippen molar-refractivity contribution in [1.82, 2.24) is 14.9 Å². The van der Waals surface area contributed by atoms with E-state index in [-0.39, 0.29) is 12.4 Å². The fraction of sp³-hybridized carbons (Fsp3) is 0.273. The highest BCUT2D eigenvalue weighted by molar-refractivity contribution is 7.90. The lowest BCUT2D eigenvalue weighted by Crippen LogP contribution is -2.21. The lowest BCUT2D eigenvalue weighted by atomic mass is 10.2. The smallest absolute Gasteiger partial charge is 0.335 e. The summed E-state index contributed by atoms with van der Waals surface area (Å²) in [7, 11) is -7.36. The first kappa shape index (κ1) is 16.5. The monoisotopic (exact) mass is 349 g/mol. The molecular formula is C11H12FN3O5S2. The summed E-state index contributed by atoms with van der Waals surface area (Å²) in [5, 5.41) is 6.22. The molecule has 0 spiro atoms. The molecule has 1 aromatic heterocycles. The van der Waals surface area contributed by atoms with Crippen LogP contribution in [0.3, 0.4) is 0 Å². The molecule has 0 fully saturated rings. The van der Waals surface area contributed by atoms with Crippen LogP contribution in [0.2, 0.25) is 0 Å². The van der Waals surface area contributed by atoms with Gasteiger partial charge in [0.05, 0.1) is 18.6 Å². The first-order valence-corrected chi connectivity index (χ1v) is 9.44. The van der Waals surface area contributed by atoms with E-state index in [4.69, 9.17) is 4.42 Å². The summed E-state index contributed by atoms with van der Waals surface area (Å²) in [5.74, 6) is -1.09. The van der Waals surface area contributed by atoms with E-state index < -0.39 is 36.7 Å². The number of nitrogens with zero attached hydrogens (tertiary/aromatic N) is 2. The summed E-state index contributed by atoms with van der Waals surface area (Å²) in [4.78, 5) is 0. The Kier molecular flexibility index (Phi) is 4.58. The summed E-state index contributed by atoms with van der Waals surface area (Å²) in [6.45, 7) is -0.308. The van der Waals surface area contributed by atoms with E-state index >= 15 is 0 Å². The third-order valence-corrected chi connectivity index (χ3v) is 4.55. The number of aromatic nitrogens is 2. The predicted octanol–water partition coefficient (Wildman–Crippen LogP) is 0.232. The standard InChI is InChI=1S/C11H12FN3O5S2/c1-21(16,17)13-6-10-14-15-11(20-10)22(18,19)7-8-2-4-9(12)5-3-8/h2-5,13H,6-7H2,1H3. The van der Waals surface area contributed by atoms with Crippen LogP contribution in [0.4, 0.5) is 4.39 Å². The fourth-order valence-corrected chi connectivity index (χ4v) is 3.02. The Morgan fingerprint density at radius 1 is 1.14 bits per heavy atom. The number of halogens is 1. The first-order chi connectivity index (χ1) is 10.2. The molecule has 120 valence electrons. The molecule has 8 nitrogen and oxygen atoms in total. The van der Waals surface area contributed by atoms with E-state index in [0.29, 0.717) is 5.56 Å². The summed E-state index contributed by atoms with van der Waals surface area (Å²) < 4.78 is 65.8. The molecule has 2 aromatic rings. The van der Waals surface area contributed by atoms with Crippen LogP contribution in [0.15, 0.2) is 33.9 Å². The molecule has 0 aliphatic carbocycles. The van der Waals surface area contributed by atoms with E-state index in [1.54, 1.807) is 0 Å². The molecule has 0 saturated heterocycles. The number of sulfone groups is 1. The average Bonchev–Trinajstić information content (AvgIpc) is 2.88. The molecule has 0 bridgehead atoms. The van der Waals surface area contributed by atoms with E-state index in [2.05, 4.69) is 14.9 Å². The highest BCUT2D eigenvalue weighted by Crippen LogP contribution is 2.15. The van der Waals surface area contributed by atoms with Gasteiger partial charge in [0.1, 0.15) is 5.82 Å². The van der Waals surface area contributed by atoms with Crippen LogP contribution in [-0.2, 0) is 32.2 Å². The summed E-state index contributed by atoms with van der Waals surface area (Å²) in [5.41, 5.74) is 0.357. The van der Waals surface area contributed by atoms with Crippen LogP contribution < -0.4 is 4.72 Å². The molecule has 1 aromatic carbocycles. The molecule has 2 rings (SSSR count). The first-order valence-electron chi connectivity index (χ1n) is 5.90. The number of benzene rings is 1. The van der Waals surface area contributed by atoms with Crippen LogP contribution >= 0.6 is 0 Å². The van der Waals surface area contributed by atoms with Crippen LogP contribution in [-0.4, -0.2) is 33.3 Å². The van der Waals surface area contributed by atoms with Crippen molar-refractivity contribution in [2.75, 3.05) is 6.26 Å². The number of nitrogens with one attached hydrogen (secondary N) is 1. The van der Waals surface area contributed by atoms with Gasteiger partial charge < -0.3 is 4.42 Å². The zero-order valence-electron chi connectivity index (χ0n) is 11.4. The Labute approximate surface area is 126 Å². The molecule has 1 heterocycles. The maximum atomic E-state index is 12.8. The Morgan fingerprint density at radius 3 is 2.36 bits per heavy atom. The fourth-order valence-electron chi connectivity index (χ4n) is 1.49. The minimum absolute atomic E-state index is 0.178. The van der Waals surface area contributed by atoms with E-state index in [1.165, 1.54) is 12.1 Å². The number of hydrogen-bond acceptors (Lipinski definition) is 7. The van der Waals surface area contributed by atoms with Gasteiger partial charge in [-0.05, 0) is 17.7 Å². The third kappa shape index (κ3) is 4.58. The predicted molar refractivity (Wildman–Crippen MR) is 73.3 cm³/mol. The van der Waals surface area contributed by atoms with Crippen LogP contribution in [0.1, 0.15) is 11.5 Å². The Morgan fingerprint density at radius 2 is 1.77 bits per heavy atom. The third-order valence-electron chi connectivity index (χ3n) is 2.47. The second kappa shape index (κ2) is 6.10. The second-order valence-corrected chi connectivity index (χ2v) is 8.14. The van der Waals surface area contributed by atoms with Gasteiger partial charge in [-0.2, -0.15) is 0 Å². The molecule has 0 saturated carbocycles. The van der Waals surface area contributed by atoms with Crippen molar-refractivity contribution in [3.8, 4) is 0 Å². The molecule has 0 atom stereocenters. The SMILES string of the molecule is CS(=O)(=O)NCc1nnc(S(=O)(=O)Cc2ccc(F)cc2)o1. The van der Waals surface area contributed by atoms with Gasteiger partial charge in [0.15, 0.2) is 0 Å². The van der Waals surface area contributed by atoms with Gasteiger partial charge in [0.25, 0.3) is 0 Å². The molecule has 0 aliphatic heterocycles. The molecule has 0 radical (unpaired) electrons. The van der Waals surface area contributed by atoms with Crippen LogP contribution in [0.25, 0.3) is 0 Å². The van der Waals surface area contributed by atoms with Crippen molar-refractivity contribution in [3.63, 3.8) is 0 Å². The van der Waals surface area contributed by atoms with Gasteiger partial charge in [-0.25, -0.2) is 25.9 Å². The Bertz CT molecular complexity index is 859. The van der Waals surface area contributed by atoms with E-state index in [9.17, 15) is 21.2 Å². The van der Waals surface area contributed by atoms with Gasteiger partial charge in [-0.3, -0.25) is 0 Å². The Balaban J connectivity index is 2.13. The quantitative estimate of drug-likeness (QED) is 0.793. The lowest BCUT2D eigenvalue weighted by molar-refractivity contribution is 0.393. The molecule has 11 heteroatoms. The van der Waals surface area contributed by atoms with Gasteiger partial charge in [-0.1, -0.05) is 17.2 Å². The normalized spacial score (nSPS) is 12.5. The van der Waals surface area contributed by atoms with Crippen molar-refractivity contribution in [3.05, 3.63) is 41.5 Å². The molecular weight excluding hydrogens is 337 g/mol. The number of hydrogen-bond donors (Lipinski definition) is 1. The zero-order valence-corrected chi connectivity index (χ0v) is 13.0.